The molecule has 2 heterocycles. The molecule has 2 fully saturated rings. The summed E-state index contributed by atoms with van der Waals surface area (Å²) < 4.78 is 22.4. The number of alkyl halides is 1. The SMILES string of the molecule is Oc1cc(-n2ccnn2)ccc1-c1ccc(O[C@H]2CC3CCC[C@@]2(F)C3)nn1. The van der Waals surface area contributed by atoms with Crippen LogP contribution in [0.1, 0.15) is 32.1 Å². The number of hydrogen-bond donors (Lipinski definition) is 1. The van der Waals surface area contributed by atoms with Gasteiger partial charge in [-0.15, -0.1) is 15.3 Å². The number of ether oxygens (including phenoxy) is 1. The van der Waals surface area contributed by atoms with E-state index < -0.39 is 11.8 Å². The Morgan fingerprint density at radius 1 is 1.21 bits per heavy atom. The Bertz CT molecular complexity index is 979. The summed E-state index contributed by atoms with van der Waals surface area (Å²) in [5.74, 6) is 0.789. The highest BCUT2D eigenvalue weighted by Crippen LogP contribution is 2.49. The van der Waals surface area contributed by atoms with Gasteiger partial charge in [-0.05, 0) is 49.8 Å². The summed E-state index contributed by atoms with van der Waals surface area (Å²) in [5.41, 5.74) is 0.502. The minimum atomic E-state index is -1.24. The highest BCUT2D eigenvalue weighted by atomic mass is 19.1. The van der Waals surface area contributed by atoms with Gasteiger partial charge in [0.2, 0.25) is 5.88 Å². The summed E-state index contributed by atoms with van der Waals surface area (Å²) in [7, 11) is 0. The van der Waals surface area contributed by atoms with E-state index in [2.05, 4.69) is 20.5 Å². The third-order valence-electron chi connectivity index (χ3n) is 5.80. The first-order valence-corrected chi connectivity index (χ1v) is 9.50. The van der Waals surface area contributed by atoms with Crippen LogP contribution in [-0.4, -0.2) is 42.1 Å². The highest BCUT2D eigenvalue weighted by Gasteiger charge is 2.51. The predicted molar refractivity (Wildman–Crippen MR) is 98.9 cm³/mol. The van der Waals surface area contributed by atoms with Crippen LogP contribution in [0.3, 0.4) is 0 Å². The summed E-state index contributed by atoms with van der Waals surface area (Å²) >= 11 is 0. The molecule has 1 N–H and O–H groups in total. The molecular formula is C20H20FN5O2. The maximum Gasteiger partial charge on any atom is 0.233 e. The summed E-state index contributed by atoms with van der Waals surface area (Å²) in [4.78, 5) is 0. The van der Waals surface area contributed by atoms with Gasteiger partial charge in [-0.1, -0.05) is 11.6 Å². The van der Waals surface area contributed by atoms with Crippen molar-refractivity contribution in [3.8, 4) is 28.6 Å². The summed E-state index contributed by atoms with van der Waals surface area (Å²) in [5, 5.41) is 26.3. The molecule has 8 heteroatoms. The van der Waals surface area contributed by atoms with E-state index in [0.717, 1.165) is 19.3 Å². The van der Waals surface area contributed by atoms with E-state index in [1.807, 2.05) is 0 Å². The van der Waals surface area contributed by atoms with Crippen molar-refractivity contribution in [2.45, 2.75) is 43.9 Å². The van der Waals surface area contributed by atoms with Gasteiger partial charge < -0.3 is 9.84 Å². The Kier molecular flexibility index (Phi) is 3.99. The van der Waals surface area contributed by atoms with Gasteiger partial charge in [-0.3, -0.25) is 0 Å². The van der Waals surface area contributed by atoms with Gasteiger partial charge in [-0.2, -0.15) is 0 Å². The molecule has 3 atom stereocenters. The molecule has 7 nitrogen and oxygen atoms in total. The standard InChI is InChI=1S/C20H20FN5O2/c21-20-7-1-2-13(12-20)10-18(20)28-19-6-5-16(23-24-19)15-4-3-14(11-17(15)27)26-9-8-22-25-26/h3-6,8-9,11,13,18,27H,1-2,7,10,12H2/t13?,18-,20+/m0/s1. The van der Waals surface area contributed by atoms with Crippen LogP contribution in [0.4, 0.5) is 4.39 Å². The van der Waals surface area contributed by atoms with Crippen molar-refractivity contribution in [3.63, 3.8) is 0 Å². The predicted octanol–water partition coefficient (Wildman–Crippen LogP) is 3.48. The molecule has 0 amide bonds. The summed E-state index contributed by atoms with van der Waals surface area (Å²) in [6, 6.07) is 8.54. The summed E-state index contributed by atoms with van der Waals surface area (Å²) in [6.07, 6.45) is 6.71. The van der Waals surface area contributed by atoms with Crippen LogP contribution in [0.5, 0.6) is 11.6 Å². The zero-order valence-electron chi connectivity index (χ0n) is 15.2. The number of fused-ring (bicyclic) bond motifs is 2. The third kappa shape index (κ3) is 2.98. The fourth-order valence-electron chi connectivity index (χ4n) is 4.43. The molecule has 2 saturated carbocycles. The molecule has 2 aliphatic rings. The maximum absolute atomic E-state index is 15.0. The van der Waals surface area contributed by atoms with Crippen molar-refractivity contribution >= 4 is 0 Å². The number of rotatable bonds is 4. The van der Waals surface area contributed by atoms with Crippen LogP contribution in [0, 0.1) is 5.92 Å². The first-order valence-electron chi connectivity index (χ1n) is 9.50. The van der Waals surface area contributed by atoms with Crippen LogP contribution >= 0.6 is 0 Å². The molecule has 0 spiro atoms. The number of hydrogen-bond acceptors (Lipinski definition) is 6. The number of nitrogens with zero attached hydrogens (tertiary/aromatic N) is 5. The zero-order chi connectivity index (χ0) is 19.1. The lowest BCUT2D eigenvalue weighted by Gasteiger charge is -2.28. The van der Waals surface area contributed by atoms with Gasteiger partial charge in [0, 0.05) is 17.7 Å². The summed E-state index contributed by atoms with van der Waals surface area (Å²) in [6.45, 7) is 0. The number of phenols is 1. The van der Waals surface area contributed by atoms with Gasteiger partial charge in [0.25, 0.3) is 0 Å². The van der Waals surface area contributed by atoms with Crippen molar-refractivity contribution in [1.82, 2.24) is 25.2 Å². The molecule has 1 unspecified atom stereocenters. The molecule has 3 aromatic rings. The Labute approximate surface area is 161 Å². The molecule has 5 rings (SSSR count). The molecule has 0 radical (unpaired) electrons. The van der Waals surface area contributed by atoms with E-state index >= 15 is 4.39 Å². The number of phenolic OH excluding ortho intramolecular Hbond substituents is 1. The first kappa shape index (κ1) is 17.1. The second kappa shape index (κ2) is 6.54. The van der Waals surface area contributed by atoms with Crippen LogP contribution in [0.25, 0.3) is 16.9 Å². The Balaban J connectivity index is 1.34. The molecular weight excluding hydrogens is 361 g/mol. The second-order valence-electron chi connectivity index (χ2n) is 7.65. The van der Waals surface area contributed by atoms with E-state index in [1.165, 1.54) is 0 Å². The Morgan fingerprint density at radius 2 is 2.14 bits per heavy atom. The molecule has 2 aromatic heterocycles. The van der Waals surface area contributed by atoms with Gasteiger partial charge in [0.05, 0.1) is 23.8 Å². The van der Waals surface area contributed by atoms with Crippen LogP contribution in [-0.2, 0) is 0 Å². The lowest BCUT2D eigenvalue weighted by atomic mass is 9.87. The number of aromatic hydroxyl groups is 1. The minimum Gasteiger partial charge on any atom is -0.507 e. The molecule has 0 saturated heterocycles. The van der Waals surface area contributed by atoms with Gasteiger partial charge in [-0.25, -0.2) is 9.07 Å². The quantitative estimate of drug-likeness (QED) is 0.745. The molecule has 0 aliphatic heterocycles. The maximum atomic E-state index is 15.0. The number of halogens is 1. The van der Waals surface area contributed by atoms with Gasteiger partial charge in [0.1, 0.15) is 17.5 Å². The number of benzene rings is 1. The smallest absolute Gasteiger partial charge is 0.233 e. The van der Waals surface area contributed by atoms with Crippen LogP contribution in [0.2, 0.25) is 0 Å². The second-order valence-corrected chi connectivity index (χ2v) is 7.65. The molecule has 2 bridgehead atoms. The Morgan fingerprint density at radius 3 is 2.86 bits per heavy atom. The highest BCUT2D eigenvalue weighted by molar-refractivity contribution is 5.68. The number of aromatic nitrogens is 5. The van der Waals surface area contributed by atoms with E-state index in [1.54, 1.807) is 47.4 Å². The van der Waals surface area contributed by atoms with Crippen molar-refractivity contribution in [1.29, 1.82) is 0 Å². The lowest BCUT2D eigenvalue weighted by Crippen LogP contribution is -2.37. The minimum absolute atomic E-state index is 0.0586. The van der Waals surface area contributed by atoms with Crippen molar-refractivity contribution in [3.05, 3.63) is 42.7 Å². The Hall–Kier alpha value is -3.03. The zero-order valence-corrected chi connectivity index (χ0v) is 15.2. The van der Waals surface area contributed by atoms with E-state index in [-0.39, 0.29) is 5.75 Å². The largest absolute Gasteiger partial charge is 0.507 e. The van der Waals surface area contributed by atoms with Crippen molar-refractivity contribution < 1.29 is 14.2 Å². The topological polar surface area (TPSA) is 86.0 Å². The monoisotopic (exact) mass is 381 g/mol. The van der Waals surface area contributed by atoms with E-state index in [0.29, 0.717) is 41.6 Å². The van der Waals surface area contributed by atoms with Crippen molar-refractivity contribution in [2.75, 3.05) is 0 Å². The fraction of sp³-hybridized carbons (Fsp3) is 0.400. The van der Waals surface area contributed by atoms with Gasteiger partial charge >= 0.3 is 0 Å². The first-order chi connectivity index (χ1) is 13.6. The average Bonchev–Trinajstić information content (AvgIpc) is 3.29. The van der Waals surface area contributed by atoms with Crippen LogP contribution < -0.4 is 4.74 Å². The van der Waals surface area contributed by atoms with E-state index in [4.69, 9.17) is 4.74 Å². The molecule has 2 aliphatic carbocycles. The van der Waals surface area contributed by atoms with E-state index in [9.17, 15) is 5.11 Å². The van der Waals surface area contributed by atoms with Crippen molar-refractivity contribution in [2.24, 2.45) is 5.92 Å². The fourth-order valence-corrected chi connectivity index (χ4v) is 4.43. The van der Waals surface area contributed by atoms with Gasteiger partial charge in [0.15, 0.2) is 0 Å². The molecule has 1 aromatic carbocycles. The van der Waals surface area contributed by atoms with Crippen LogP contribution in [0.15, 0.2) is 42.7 Å². The molecule has 144 valence electrons. The average molecular weight is 381 g/mol. The normalized spacial score (nSPS) is 26.3. The third-order valence-corrected chi connectivity index (χ3v) is 5.80. The lowest BCUT2D eigenvalue weighted by molar-refractivity contribution is 0.0185. The molecule has 28 heavy (non-hydrogen) atoms.